The second kappa shape index (κ2) is 8.84. The van der Waals surface area contributed by atoms with E-state index in [1.807, 2.05) is 24.3 Å². The van der Waals surface area contributed by atoms with E-state index >= 15 is 0 Å². The molecule has 0 saturated carbocycles. The molecule has 0 unspecified atom stereocenters. The van der Waals surface area contributed by atoms with Gasteiger partial charge in [-0.05, 0) is 54.2 Å². The van der Waals surface area contributed by atoms with Crippen LogP contribution in [0.1, 0.15) is 5.56 Å². The van der Waals surface area contributed by atoms with Crippen LogP contribution in [0.15, 0.2) is 53.6 Å². The monoisotopic (exact) mass is 367 g/mol. The van der Waals surface area contributed by atoms with E-state index < -0.39 is 0 Å². The Morgan fingerprint density at radius 1 is 1.09 bits per heavy atom. The Kier molecular flexibility index (Phi) is 6.80. The molecule has 0 amide bonds. The quantitative estimate of drug-likeness (QED) is 0.476. The molecular formula is C16H15Cl2N3OS. The van der Waals surface area contributed by atoms with E-state index in [1.54, 1.807) is 30.5 Å². The van der Waals surface area contributed by atoms with Crippen molar-refractivity contribution in [2.75, 3.05) is 18.5 Å². The van der Waals surface area contributed by atoms with Crippen LogP contribution in [0.3, 0.4) is 0 Å². The van der Waals surface area contributed by atoms with Crippen LogP contribution < -0.4 is 5.32 Å². The summed E-state index contributed by atoms with van der Waals surface area (Å²) in [5.74, 6) is 0. The molecule has 23 heavy (non-hydrogen) atoms. The summed E-state index contributed by atoms with van der Waals surface area (Å²) in [6, 6.07) is 14.4. The number of hydrogen-bond donors (Lipinski definition) is 2. The van der Waals surface area contributed by atoms with Gasteiger partial charge in [-0.1, -0.05) is 35.3 Å². The molecule has 2 rings (SSSR count). The van der Waals surface area contributed by atoms with Gasteiger partial charge in [0.1, 0.15) is 0 Å². The number of thiocarbonyl (C=S) groups is 1. The molecule has 0 spiro atoms. The Morgan fingerprint density at radius 2 is 1.65 bits per heavy atom. The highest BCUT2D eigenvalue weighted by Crippen LogP contribution is 2.14. The maximum Gasteiger partial charge on any atom is 0.194 e. The molecule has 0 bridgehead atoms. The lowest BCUT2D eigenvalue weighted by Gasteiger charge is -2.19. The van der Waals surface area contributed by atoms with Crippen LogP contribution in [-0.2, 0) is 0 Å². The number of nitrogens with one attached hydrogen (secondary N) is 1. The van der Waals surface area contributed by atoms with Gasteiger partial charge in [0.15, 0.2) is 5.11 Å². The Bertz CT molecular complexity index is 675. The molecule has 2 N–H and O–H groups in total. The van der Waals surface area contributed by atoms with Crippen LogP contribution >= 0.6 is 35.4 Å². The lowest BCUT2D eigenvalue weighted by atomic mass is 10.2. The van der Waals surface area contributed by atoms with Crippen LogP contribution in [0.4, 0.5) is 5.69 Å². The first-order valence-corrected chi connectivity index (χ1v) is 7.99. The average molecular weight is 368 g/mol. The predicted octanol–water partition coefficient (Wildman–Crippen LogP) is 4.02. The fourth-order valence-corrected chi connectivity index (χ4v) is 2.22. The minimum Gasteiger partial charge on any atom is -0.394 e. The SMILES string of the molecule is OCCN(/N=C/c1ccc(Cl)cc1)C(=S)Nc1ccc(Cl)cc1. The normalized spacial score (nSPS) is 10.7. The van der Waals surface area contributed by atoms with Gasteiger partial charge >= 0.3 is 0 Å². The van der Waals surface area contributed by atoms with E-state index in [0.717, 1.165) is 11.3 Å². The highest BCUT2D eigenvalue weighted by Gasteiger charge is 2.07. The molecule has 2 aromatic carbocycles. The first kappa shape index (κ1) is 17.7. The van der Waals surface area contributed by atoms with Gasteiger partial charge in [0.05, 0.1) is 19.4 Å². The molecular weight excluding hydrogens is 353 g/mol. The fraction of sp³-hybridized carbons (Fsp3) is 0.125. The van der Waals surface area contributed by atoms with Crippen molar-refractivity contribution in [3.8, 4) is 0 Å². The van der Waals surface area contributed by atoms with E-state index in [2.05, 4.69) is 10.4 Å². The highest BCUT2D eigenvalue weighted by molar-refractivity contribution is 7.80. The van der Waals surface area contributed by atoms with Gasteiger partial charge in [-0.3, -0.25) is 0 Å². The van der Waals surface area contributed by atoms with Crippen LogP contribution in [-0.4, -0.2) is 34.6 Å². The standard InChI is InChI=1S/C16H15Cl2N3OS/c17-13-3-1-12(2-4-13)11-19-21(9-10-22)16(23)20-15-7-5-14(18)6-8-15/h1-8,11,22H,9-10H2,(H,20,23)/b19-11+. The first-order valence-electron chi connectivity index (χ1n) is 6.83. The first-order chi connectivity index (χ1) is 11.1. The highest BCUT2D eigenvalue weighted by atomic mass is 35.5. The van der Waals surface area contributed by atoms with Gasteiger partial charge in [-0.2, -0.15) is 5.10 Å². The number of benzene rings is 2. The number of nitrogens with zero attached hydrogens (tertiary/aromatic N) is 2. The summed E-state index contributed by atoms with van der Waals surface area (Å²) in [6.07, 6.45) is 1.65. The van der Waals surface area contributed by atoms with Crippen molar-refractivity contribution in [2.45, 2.75) is 0 Å². The Balaban J connectivity index is 2.05. The third kappa shape index (κ3) is 5.80. The summed E-state index contributed by atoms with van der Waals surface area (Å²) < 4.78 is 0. The number of aliphatic hydroxyl groups excluding tert-OH is 1. The minimum atomic E-state index is -0.0691. The van der Waals surface area contributed by atoms with Crippen LogP contribution in [0.5, 0.6) is 0 Å². The third-order valence-electron chi connectivity index (χ3n) is 2.86. The molecule has 0 aliphatic carbocycles. The smallest absolute Gasteiger partial charge is 0.194 e. The van der Waals surface area contributed by atoms with Crippen molar-refractivity contribution in [3.05, 3.63) is 64.1 Å². The summed E-state index contributed by atoms with van der Waals surface area (Å²) >= 11 is 17.0. The molecule has 0 aliphatic rings. The van der Waals surface area contributed by atoms with Crippen molar-refractivity contribution < 1.29 is 5.11 Å². The van der Waals surface area contributed by atoms with Gasteiger partial charge in [0.2, 0.25) is 0 Å². The second-order valence-corrected chi connectivity index (χ2v) is 5.84. The molecule has 0 saturated heterocycles. The molecule has 120 valence electrons. The maximum atomic E-state index is 9.18. The fourth-order valence-electron chi connectivity index (χ4n) is 1.71. The summed E-state index contributed by atoms with van der Waals surface area (Å²) in [5.41, 5.74) is 1.68. The van der Waals surface area contributed by atoms with Crippen molar-refractivity contribution in [3.63, 3.8) is 0 Å². The third-order valence-corrected chi connectivity index (χ3v) is 3.67. The average Bonchev–Trinajstić information content (AvgIpc) is 2.55. The maximum absolute atomic E-state index is 9.18. The Labute approximate surface area is 150 Å². The zero-order valence-electron chi connectivity index (χ0n) is 12.1. The van der Waals surface area contributed by atoms with Crippen LogP contribution in [0, 0.1) is 0 Å². The molecule has 0 aromatic heterocycles. The number of anilines is 1. The van der Waals surface area contributed by atoms with E-state index in [1.165, 1.54) is 5.01 Å². The topological polar surface area (TPSA) is 47.9 Å². The van der Waals surface area contributed by atoms with Gasteiger partial charge in [-0.25, -0.2) is 5.01 Å². The summed E-state index contributed by atoms with van der Waals surface area (Å²) in [6.45, 7) is 0.212. The summed E-state index contributed by atoms with van der Waals surface area (Å²) in [4.78, 5) is 0. The molecule has 2 aromatic rings. The zero-order chi connectivity index (χ0) is 16.7. The molecule has 0 heterocycles. The van der Waals surface area contributed by atoms with Gasteiger partial charge in [0.25, 0.3) is 0 Å². The zero-order valence-corrected chi connectivity index (χ0v) is 14.4. The predicted molar refractivity (Wildman–Crippen MR) is 101 cm³/mol. The number of rotatable bonds is 5. The molecule has 7 heteroatoms. The van der Waals surface area contributed by atoms with Crippen LogP contribution in [0.25, 0.3) is 0 Å². The number of aliphatic hydroxyl groups is 1. The molecule has 0 fully saturated rings. The van der Waals surface area contributed by atoms with Gasteiger partial charge in [0, 0.05) is 15.7 Å². The van der Waals surface area contributed by atoms with Crippen molar-refractivity contribution >= 4 is 52.4 Å². The van der Waals surface area contributed by atoms with E-state index in [9.17, 15) is 5.11 Å². The second-order valence-electron chi connectivity index (χ2n) is 4.58. The van der Waals surface area contributed by atoms with E-state index in [-0.39, 0.29) is 13.2 Å². The number of hydrogen-bond acceptors (Lipinski definition) is 3. The van der Waals surface area contributed by atoms with E-state index in [0.29, 0.717) is 15.2 Å². The van der Waals surface area contributed by atoms with E-state index in [4.69, 9.17) is 35.4 Å². The van der Waals surface area contributed by atoms with Crippen molar-refractivity contribution in [2.24, 2.45) is 5.10 Å². The lowest BCUT2D eigenvalue weighted by molar-refractivity contribution is 0.255. The molecule has 0 atom stereocenters. The van der Waals surface area contributed by atoms with Gasteiger partial charge in [-0.15, -0.1) is 0 Å². The van der Waals surface area contributed by atoms with Crippen molar-refractivity contribution in [1.82, 2.24) is 5.01 Å². The summed E-state index contributed by atoms with van der Waals surface area (Å²) in [7, 11) is 0. The van der Waals surface area contributed by atoms with Gasteiger partial charge < -0.3 is 10.4 Å². The summed E-state index contributed by atoms with van der Waals surface area (Å²) in [5, 5.41) is 19.7. The van der Waals surface area contributed by atoms with Crippen molar-refractivity contribution in [1.29, 1.82) is 0 Å². The molecule has 4 nitrogen and oxygen atoms in total. The largest absolute Gasteiger partial charge is 0.394 e. The number of hydrazone groups is 1. The molecule has 0 aliphatic heterocycles. The molecule has 0 radical (unpaired) electrons. The van der Waals surface area contributed by atoms with Crippen LogP contribution in [0.2, 0.25) is 10.0 Å². The lowest BCUT2D eigenvalue weighted by Crippen LogP contribution is -2.32. The Hall–Kier alpha value is -1.66. The Morgan fingerprint density at radius 3 is 2.22 bits per heavy atom. The minimum absolute atomic E-state index is 0.0691. The number of halogens is 2.